The Morgan fingerprint density at radius 1 is 1.64 bits per heavy atom. The molecule has 0 unspecified atom stereocenters. The third kappa shape index (κ3) is 1.86. The predicted octanol–water partition coefficient (Wildman–Crippen LogP) is 1.62. The summed E-state index contributed by atoms with van der Waals surface area (Å²) >= 11 is 0. The van der Waals surface area contributed by atoms with Crippen molar-refractivity contribution in [3.63, 3.8) is 0 Å². The standard InChI is InChI=1S/C7H7F3N2O2/c1-2-12-3-4(7(8,9)10)11-5(12)6(13)14/h3H,2H2,1H3,(H,13,14). The number of carbonyl (C=O) groups is 1. The van der Waals surface area contributed by atoms with E-state index >= 15 is 0 Å². The van der Waals surface area contributed by atoms with Crippen LogP contribution in [0.3, 0.4) is 0 Å². The number of rotatable bonds is 2. The van der Waals surface area contributed by atoms with Gasteiger partial charge in [0.15, 0.2) is 5.69 Å². The molecule has 7 heteroatoms. The Bertz CT molecular complexity index is 356. The van der Waals surface area contributed by atoms with Gasteiger partial charge in [-0.05, 0) is 6.92 Å². The van der Waals surface area contributed by atoms with Crippen LogP contribution in [0.4, 0.5) is 13.2 Å². The maximum absolute atomic E-state index is 12.1. The molecule has 1 aromatic heterocycles. The van der Waals surface area contributed by atoms with Gasteiger partial charge >= 0.3 is 12.1 Å². The number of aromatic nitrogens is 2. The normalized spacial score (nSPS) is 11.7. The first-order valence-corrected chi connectivity index (χ1v) is 3.74. The van der Waals surface area contributed by atoms with Crippen LogP contribution < -0.4 is 0 Å². The Labute approximate surface area is 77.0 Å². The number of hydrogen-bond donors (Lipinski definition) is 1. The summed E-state index contributed by atoms with van der Waals surface area (Å²) in [6, 6.07) is 0. The number of carboxylic acids is 1. The second kappa shape index (κ2) is 3.32. The van der Waals surface area contributed by atoms with E-state index in [2.05, 4.69) is 4.98 Å². The van der Waals surface area contributed by atoms with Gasteiger partial charge in [-0.3, -0.25) is 0 Å². The van der Waals surface area contributed by atoms with Gasteiger partial charge in [-0.1, -0.05) is 0 Å². The van der Waals surface area contributed by atoms with Crippen molar-refractivity contribution in [2.75, 3.05) is 0 Å². The summed E-state index contributed by atoms with van der Waals surface area (Å²) in [6.07, 6.45) is -3.92. The SMILES string of the molecule is CCn1cc(C(F)(F)F)nc1C(=O)O. The van der Waals surface area contributed by atoms with Crippen LogP contribution in [0.2, 0.25) is 0 Å². The zero-order valence-corrected chi connectivity index (χ0v) is 7.17. The Balaban J connectivity index is 3.20. The molecule has 0 fully saturated rings. The number of imidazole rings is 1. The zero-order chi connectivity index (χ0) is 10.9. The fraction of sp³-hybridized carbons (Fsp3) is 0.429. The summed E-state index contributed by atoms with van der Waals surface area (Å²) in [5.74, 6) is -2.07. The van der Waals surface area contributed by atoms with Gasteiger partial charge in [0.2, 0.25) is 5.82 Å². The molecule has 0 radical (unpaired) electrons. The van der Waals surface area contributed by atoms with Crippen molar-refractivity contribution in [3.8, 4) is 0 Å². The monoisotopic (exact) mass is 208 g/mol. The van der Waals surface area contributed by atoms with E-state index < -0.39 is 23.7 Å². The molecule has 78 valence electrons. The van der Waals surface area contributed by atoms with E-state index in [0.29, 0.717) is 6.20 Å². The van der Waals surface area contributed by atoms with Crippen LogP contribution in [-0.4, -0.2) is 20.6 Å². The molecule has 0 atom stereocenters. The minimum Gasteiger partial charge on any atom is -0.475 e. The largest absolute Gasteiger partial charge is 0.475 e. The lowest BCUT2D eigenvalue weighted by molar-refractivity contribution is -0.141. The van der Waals surface area contributed by atoms with Crippen LogP contribution in [0.5, 0.6) is 0 Å². The van der Waals surface area contributed by atoms with E-state index in [4.69, 9.17) is 5.11 Å². The minimum absolute atomic E-state index is 0.130. The highest BCUT2D eigenvalue weighted by atomic mass is 19.4. The quantitative estimate of drug-likeness (QED) is 0.803. The van der Waals surface area contributed by atoms with Crippen LogP contribution in [0.15, 0.2) is 6.20 Å². The molecule has 1 aromatic rings. The molecular weight excluding hydrogens is 201 g/mol. The molecule has 0 spiro atoms. The highest BCUT2D eigenvalue weighted by Crippen LogP contribution is 2.28. The molecule has 0 aliphatic rings. The molecule has 14 heavy (non-hydrogen) atoms. The summed E-state index contributed by atoms with van der Waals surface area (Å²) in [6.45, 7) is 1.67. The van der Waals surface area contributed by atoms with Crippen LogP contribution in [0, 0.1) is 0 Å². The predicted molar refractivity (Wildman–Crippen MR) is 39.9 cm³/mol. The Morgan fingerprint density at radius 3 is 2.50 bits per heavy atom. The third-order valence-corrected chi connectivity index (χ3v) is 1.60. The molecule has 0 aliphatic carbocycles. The number of aryl methyl sites for hydroxylation is 1. The Kier molecular flexibility index (Phi) is 2.50. The molecule has 0 saturated heterocycles. The highest BCUT2D eigenvalue weighted by molar-refractivity contribution is 5.83. The van der Waals surface area contributed by atoms with Gasteiger partial charge in [0.05, 0.1) is 0 Å². The van der Waals surface area contributed by atoms with Crippen molar-refractivity contribution in [2.45, 2.75) is 19.6 Å². The summed E-state index contributed by atoms with van der Waals surface area (Å²) in [5.41, 5.74) is -1.18. The van der Waals surface area contributed by atoms with Crippen molar-refractivity contribution in [1.82, 2.24) is 9.55 Å². The van der Waals surface area contributed by atoms with E-state index in [1.165, 1.54) is 6.92 Å². The van der Waals surface area contributed by atoms with Crippen LogP contribution in [0.25, 0.3) is 0 Å². The average molecular weight is 208 g/mol. The number of nitrogens with zero attached hydrogens (tertiary/aromatic N) is 2. The smallest absolute Gasteiger partial charge is 0.434 e. The number of carboxylic acid groups (broad SMARTS) is 1. The maximum atomic E-state index is 12.1. The number of alkyl halides is 3. The summed E-state index contributed by atoms with van der Waals surface area (Å²) < 4.78 is 37.3. The Hall–Kier alpha value is -1.53. The lowest BCUT2D eigenvalue weighted by Gasteiger charge is -1.99. The lowest BCUT2D eigenvalue weighted by Crippen LogP contribution is -2.08. The zero-order valence-electron chi connectivity index (χ0n) is 7.17. The first kappa shape index (κ1) is 10.6. The molecule has 0 aliphatic heterocycles. The average Bonchev–Trinajstić information content (AvgIpc) is 2.45. The molecular formula is C7H7F3N2O2. The van der Waals surface area contributed by atoms with E-state index in [1.54, 1.807) is 0 Å². The minimum atomic E-state index is -4.61. The van der Waals surface area contributed by atoms with Crippen LogP contribution in [0.1, 0.15) is 23.2 Å². The van der Waals surface area contributed by atoms with E-state index in [1.807, 2.05) is 0 Å². The van der Waals surface area contributed by atoms with Crippen molar-refractivity contribution < 1.29 is 23.1 Å². The second-order valence-electron chi connectivity index (χ2n) is 2.54. The number of halogens is 3. The first-order valence-electron chi connectivity index (χ1n) is 3.74. The fourth-order valence-corrected chi connectivity index (χ4v) is 0.964. The van der Waals surface area contributed by atoms with Crippen LogP contribution >= 0.6 is 0 Å². The number of hydrogen-bond acceptors (Lipinski definition) is 2. The van der Waals surface area contributed by atoms with Gasteiger partial charge in [0, 0.05) is 12.7 Å². The molecule has 1 rings (SSSR count). The van der Waals surface area contributed by atoms with Crippen molar-refractivity contribution >= 4 is 5.97 Å². The maximum Gasteiger partial charge on any atom is 0.434 e. The van der Waals surface area contributed by atoms with Crippen molar-refractivity contribution in [2.24, 2.45) is 0 Å². The molecule has 0 saturated carbocycles. The lowest BCUT2D eigenvalue weighted by atomic mass is 10.5. The van der Waals surface area contributed by atoms with E-state index in [-0.39, 0.29) is 6.54 Å². The molecule has 0 bridgehead atoms. The van der Waals surface area contributed by atoms with E-state index in [0.717, 1.165) is 4.57 Å². The topological polar surface area (TPSA) is 55.1 Å². The van der Waals surface area contributed by atoms with Crippen LogP contribution in [-0.2, 0) is 12.7 Å². The molecule has 1 N–H and O–H groups in total. The summed E-state index contributed by atoms with van der Waals surface area (Å²) in [7, 11) is 0. The fourth-order valence-electron chi connectivity index (χ4n) is 0.964. The molecule has 4 nitrogen and oxygen atoms in total. The summed E-state index contributed by atoms with van der Waals surface area (Å²) in [4.78, 5) is 13.5. The Morgan fingerprint density at radius 2 is 2.21 bits per heavy atom. The third-order valence-electron chi connectivity index (χ3n) is 1.60. The van der Waals surface area contributed by atoms with Crippen molar-refractivity contribution in [1.29, 1.82) is 0 Å². The van der Waals surface area contributed by atoms with Gasteiger partial charge in [0.25, 0.3) is 0 Å². The second-order valence-corrected chi connectivity index (χ2v) is 2.54. The van der Waals surface area contributed by atoms with Gasteiger partial charge < -0.3 is 9.67 Å². The molecule has 1 heterocycles. The summed E-state index contributed by atoms with van der Waals surface area (Å²) in [5, 5.41) is 8.53. The van der Waals surface area contributed by atoms with Gasteiger partial charge in [0.1, 0.15) is 0 Å². The van der Waals surface area contributed by atoms with Gasteiger partial charge in [-0.15, -0.1) is 0 Å². The first-order chi connectivity index (χ1) is 6.36. The highest BCUT2D eigenvalue weighted by Gasteiger charge is 2.35. The van der Waals surface area contributed by atoms with Crippen molar-refractivity contribution in [3.05, 3.63) is 17.7 Å². The van der Waals surface area contributed by atoms with Gasteiger partial charge in [-0.2, -0.15) is 13.2 Å². The van der Waals surface area contributed by atoms with Gasteiger partial charge in [-0.25, -0.2) is 9.78 Å². The molecule has 0 aromatic carbocycles. The van der Waals surface area contributed by atoms with E-state index in [9.17, 15) is 18.0 Å². The molecule has 0 amide bonds. The number of aromatic carboxylic acids is 1.